The molecule has 1 heterocycles. The highest BCUT2D eigenvalue weighted by Gasteiger charge is 2.63. The van der Waals surface area contributed by atoms with E-state index >= 15 is 0 Å². The van der Waals surface area contributed by atoms with Crippen molar-refractivity contribution in [2.24, 2.45) is 57.7 Å². The number of aliphatic hydroxyl groups is 1. The number of aliphatic hydroxyl groups excluding tert-OH is 1. The number of carbonyl (C=O) groups is 3. The summed E-state index contributed by atoms with van der Waals surface area (Å²) in [6.07, 6.45) is 9.02. The molecule has 42 heavy (non-hydrogen) atoms. The highest BCUT2D eigenvalue weighted by Crippen LogP contribution is 2.68. The van der Waals surface area contributed by atoms with Gasteiger partial charge >= 0.3 is 17.9 Å². The van der Waals surface area contributed by atoms with Crippen LogP contribution in [0.15, 0.2) is 0 Å². The lowest BCUT2D eigenvalue weighted by Crippen LogP contribution is -2.58. The molecule has 0 spiro atoms. The van der Waals surface area contributed by atoms with Crippen LogP contribution in [0.2, 0.25) is 0 Å². The maximum Gasteiger partial charge on any atom is 0.348 e. The molecule has 0 radical (unpaired) electrons. The number of ether oxygens (including phenoxy) is 3. The normalized spacial score (nSPS) is 43.8. The maximum atomic E-state index is 12.8. The first kappa shape index (κ1) is 31.8. The van der Waals surface area contributed by atoms with Gasteiger partial charge in [-0.3, -0.25) is 9.59 Å². The summed E-state index contributed by atoms with van der Waals surface area (Å²) in [5.74, 6) is 1.72. The molecule has 1 saturated heterocycles. The SMILES string of the molecule is CCC(C)C(=O)OC1CCC2(C)C(C1)CC(O)C1C2CCC2(C)C(C(C)CCC(=O)OC3C(=O)OCC3(C)C)CCC12. The first-order valence-corrected chi connectivity index (χ1v) is 17.0. The number of esters is 3. The van der Waals surface area contributed by atoms with E-state index < -0.39 is 17.5 Å². The van der Waals surface area contributed by atoms with Crippen molar-refractivity contribution in [3.63, 3.8) is 0 Å². The molecule has 1 N–H and O–H groups in total. The number of carbonyl (C=O) groups excluding carboxylic acids is 3. The van der Waals surface area contributed by atoms with Crippen molar-refractivity contribution in [1.82, 2.24) is 0 Å². The fraction of sp³-hybridized carbons (Fsp3) is 0.914. The van der Waals surface area contributed by atoms with Crippen LogP contribution in [0.5, 0.6) is 0 Å². The molecule has 12 atom stereocenters. The van der Waals surface area contributed by atoms with E-state index in [9.17, 15) is 19.5 Å². The molecule has 5 rings (SSSR count). The van der Waals surface area contributed by atoms with Crippen molar-refractivity contribution in [3.05, 3.63) is 0 Å². The lowest BCUT2D eigenvalue weighted by atomic mass is 9.43. The molecule has 0 aromatic rings. The fourth-order valence-electron chi connectivity index (χ4n) is 10.4. The highest BCUT2D eigenvalue weighted by molar-refractivity contribution is 5.81. The molecule has 0 bridgehead atoms. The van der Waals surface area contributed by atoms with Gasteiger partial charge in [-0.1, -0.05) is 48.5 Å². The van der Waals surface area contributed by atoms with Gasteiger partial charge in [0.05, 0.1) is 12.0 Å². The summed E-state index contributed by atoms with van der Waals surface area (Å²) in [4.78, 5) is 37.3. The second kappa shape index (κ2) is 11.7. The standard InChI is InChI=1S/C35H56O7/c1-8-20(2)31(38)41-23-13-15-34(6)22(17-23)18-27(36)29-25-11-10-24(35(25,7)16-14-26(29)34)21(3)9-12-28(37)42-30-32(39)40-19-33(30,4)5/h20-27,29-30,36H,8-19H2,1-7H3. The molecule has 0 aromatic heterocycles. The van der Waals surface area contributed by atoms with Crippen LogP contribution >= 0.6 is 0 Å². The van der Waals surface area contributed by atoms with Gasteiger partial charge in [0.2, 0.25) is 6.10 Å². The average Bonchev–Trinajstić information content (AvgIpc) is 3.42. The van der Waals surface area contributed by atoms with E-state index in [1.807, 2.05) is 27.7 Å². The molecule has 5 fully saturated rings. The lowest BCUT2D eigenvalue weighted by Gasteiger charge is -2.62. The van der Waals surface area contributed by atoms with Crippen molar-refractivity contribution in [2.45, 2.75) is 137 Å². The summed E-state index contributed by atoms with van der Waals surface area (Å²) in [5, 5.41) is 11.7. The third-order valence-electron chi connectivity index (χ3n) is 13.3. The summed E-state index contributed by atoms with van der Waals surface area (Å²) in [7, 11) is 0. The van der Waals surface area contributed by atoms with E-state index in [1.54, 1.807) is 0 Å². The topological polar surface area (TPSA) is 99.1 Å². The summed E-state index contributed by atoms with van der Waals surface area (Å²) in [6, 6.07) is 0. The zero-order chi connectivity index (χ0) is 30.6. The van der Waals surface area contributed by atoms with Gasteiger partial charge in [0.1, 0.15) is 12.7 Å². The Balaban J connectivity index is 1.20. The van der Waals surface area contributed by atoms with Crippen molar-refractivity contribution in [1.29, 1.82) is 0 Å². The predicted octanol–water partition coefficient (Wildman–Crippen LogP) is 6.49. The lowest BCUT2D eigenvalue weighted by molar-refractivity contribution is -0.184. The zero-order valence-electron chi connectivity index (χ0n) is 27.2. The molecule has 4 saturated carbocycles. The summed E-state index contributed by atoms with van der Waals surface area (Å²) in [5.41, 5.74) is -0.140. The van der Waals surface area contributed by atoms with Crippen LogP contribution in [-0.4, -0.2) is 47.9 Å². The average molecular weight is 589 g/mol. The third kappa shape index (κ3) is 5.54. The van der Waals surface area contributed by atoms with E-state index in [2.05, 4.69) is 20.8 Å². The Morgan fingerprint density at radius 1 is 0.976 bits per heavy atom. The Bertz CT molecular complexity index is 1040. The van der Waals surface area contributed by atoms with Crippen LogP contribution in [0.3, 0.4) is 0 Å². The van der Waals surface area contributed by atoms with Gasteiger partial charge in [0.15, 0.2) is 0 Å². The summed E-state index contributed by atoms with van der Waals surface area (Å²) in [6.45, 7) is 15.2. The fourth-order valence-corrected chi connectivity index (χ4v) is 10.4. The minimum absolute atomic E-state index is 0.0176. The number of hydrogen-bond acceptors (Lipinski definition) is 7. The van der Waals surface area contributed by atoms with Crippen molar-refractivity contribution < 1.29 is 33.7 Å². The second-order valence-electron chi connectivity index (χ2n) is 16.1. The van der Waals surface area contributed by atoms with Crippen molar-refractivity contribution >= 4 is 17.9 Å². The molecule has 4 aliphatic carbocycles. The van der Waals surface area contributed by atoms with Gasteiger partial charge in [0.25, 0.3) is 0 Å². The van der Waals surface area contributed by atoms with Gasteiger partial charge in [-0.15, -0.1) is 0 Å². The van der Waals surface area contributed by atoms with Gasteiger partial charge in [-0.05, 0) is 111 Å². The summed E-state index contributed by atoms with van der Waals surface area (Å²) < 4.78 is 16.7. The highest BCUT2D eigenvalue weighted by atomic mass is 16.6. The number of hydrogen-bond donors (Lipinski definition) is 1. The third-order valence-corrected chi connectivity index (χ3v) is 13.3. The molecule has 7 nitrogen and oxygen atoms in total. The minimum Gasteiger partial charge on any atom is -0.462 e. The van der Waals surface area contributed by atoms with Gasteiger partial charge in [-0.2, -0.15) is 0 Å². The Kier molecular flexibility index (Phi) is 8.86. The number of cyclic esters (lactones) is 1. The number of rotatable bonds is 8. The van der Waals surface area contributed by atoms with Crippen molar-refractivity contribution in [2.75, 3.05) is 6.61 Å². The van der Waals surface area contributed by atoms with Crippen LogP contribution in [0, 0.1) is 57.7 Å². The molecule has 7 heteroatoms. The first-order chi connectivity index (χ1) is 19.7. The first-order valence-electron chi connectivity index (χ1n) is 17.0. The van der Waals surface area contributed by atoms with E-state index in [1.165, 1.54) is 6.42 Å². The smallest absolute Gasteiger partial charge is 0.348 e. The zero-order valence-corrected chi connectivity index (χ0v) is 27.2. The Hall–Kier alpha value is -1.63. The Labute approximate surface area is 253 Å². The van der Waals surface area contributed by atoms with E-state index in [-0.39, 0.29) is 47.5 Å². The van der Waals surface area contributed by atoms with Gasteiger partial charge in [0, 0.05) is 11.8 Å². The Morgan fingerprint density at radius 3 is 2.33 bits per heavy atom. The summed E-state index contributed by atoms with van der Waals surface area (Å²) >= 11 is 0. The van der Waals surface area contributed by atoms with Crippen LogP contribution < -0.4 is 0 Å². The van der Waals surface area contributed by atoms with E-state index in [0.717, 1.165) is 57.8 Å². The maximum absolute atomic E-state index is 12.8. The number of fused-ring (bicyclic) bond motifs is 5. The second-order valence-corrected chi connectivity index (χ2v) is 16.1. The van der Waals surface area contributed by atoms with E-state index in [4.69, 9.17) is 14.2 Å². The van der Waals surface area contributed by atoms with Gasteiger partial charge < -0.3 is 19.3 Å². The van der Waals surface area contributed by atoms with Crippen molar-refractivity contribution in [3.8, 4) is 0 Å². The molecule has 1 aliphatic heterocycles. The molecule has 0 amide bonds. The van der Waals surface area contributed by atoms with Crippen LogP contribution in [-0.2, 0) is 28.6 Å². The molecular weight excluding hydrogens is 532 g/mol. The van der Waals surface area contributed by atoms with Crippen LogP contribution in [0.1, 0.15) is 119 Å². The molecular formula is C35H56O7. The minimum atomic E-state index is -0.816. The Morgan fingerprint density at radius 2 is 1.67 bits per heavy atom. The molecule has 5 aliphatic rings. The molecule has 0 aromatic carbocycles. The van der Waals surface area contributed by atoms with Gasteiger partial charge in [-0.25, -0.2) is 4.79 Å². The quantitative estimate of drug-likeness (QED) is 0.256. The molecule has 238 valence electrons. The molecule has 12 unspecified atom stereocenters. The predicted molar refractivity (Wildman–Crippen MR) is 159 cm³/mol. The van der Waals surface area contributed by atoms with E-state index in [0.29, 0.717) is 41.9 Å². The largest absolute Gasteiger partial charge is 0.462 e. The van der Waals surface area contributed by atoms with Crippen LogP contribution in [0.4, 0.5) is 0 Å². The van der Waals surface area contributed by atoms with Crippen LogP contribution in [0.25, 0.3) is 0 Å². The monoisotopic (exact) mass is 588 g/mol.